The summed E-state index contributed by atoms with van der Waals surface area (Å²) >= 11 is 0. The minimum absolute atomic E-state index is 0.140. The van der Waals surface area contributed by atoms with Gasteiger partial charge in [-0.3, -0.25) is 9.59 Å². The van der Waals surface area contributed by atoms with Crippen LogP contribution in [0.1, 0.15) is 84.0 Å². The second kappa shape index (κ2) is 12.0. The first kappa shape index (κ1) is 21.7. The normalized spacial score (nSPS) is 23.4. The predicted molar refractivity (Wildman–Crippen MR) is 100 cm³/mol. The highest BCUT2D eigenvalue weighted by molar-refractivity contribution is 5.83. The average molecular weight is 382 g/mol. The lowest BCUT2D eigenvalue weighted by molar-refractivity contribution is -0.143. The number of carbonyl (C=O) groups excluding carboxylic acids is 3. The molecule has 0 atom stereocenters. The van der Waals surface area contributed by atoms with E-state index in [1.54, 1.807) is 6.92 Å². The van der Waals surface area contributed by atoms with E-state index in [1.807, 2.05) is 0 Å². The van der Waals surface area contributed by atoms with Gasteiger partial charge in [0.15, 0.2) is 0 Å². The monoisotopic (exact) mass is 382 g/mol. The Bertz CT molecular complexity index is 475. The lowest BCUT2D eigenvalue weighted by Crippen LogP contribution is -2.32. The lowest BCUT2D eigenvalue weighted by atomic mass is 9.76. The first-order chi connectivity index (χ1) is 13.1. The van der Waals surface area contributed by atoms with Crippen LogP contribution in [-0.4, -0.2) is 37.2 Å². The highest BCUT2D eigenvalue weighted by Gasteiger charge is 2.32. The first-order valence-electron chi connectivity index (χ1n) is 10.6. The number of ether oxygens (including phenoxy) is 3. The molecule has 0 spiro atoms. The Balaban J connectivity index is 1.53. The fourth-order valence-corrected chi connectivity index (χ4v) is 4.00. The van der Waals surface area contributed by atoms with Gasteiger partial charge in [0.1, 0.15) is 11.9 Å². The van der Waals surface area contributed by atoms with Gasteiger partial charge in [0.05, 0.1) is 13.2 Å². The van der Waals surface area contributed by atoms with Crippen LogP contribution < -0.4 is 0 Å². The number of rotatable bonds is 9. The van der Waals surface area contributed by atoms with Gasteiger partial charge in [0.2, 0.25) is 0 Å². The summed E-state index contributed by atoms with van der Waals surface area (Å²) in [5.41, 5.74) is 0. The van der Waals surface area contributed by atoms with Crippen molar-refractivity contribution in [2.75, 3.05) is 13.2 Å². The van der Waals surface area contributed by atoms with Gasteiger partial charge < -0.3 is 14.2 Å². The van der Waals surface area contributed by atoms with E-state index in [1.165, 1.54) is 19.3 Å². The van der Waals surface area contributed by atoms with Gasteiger partial charge in [-0.2, -0.15) is 0 Å². The second-order valence-corrected chi connectivity index (χ2v) is 7.71. The molecule has 2 rings (SSSR count). The second-order valence-electron chi connectivity index (χ2n) is 7.71. The molecule has 0 radical (unpaired) electrons. The number of unbranched alkanes of at least 4 members (excludes halogenated alkanes) is 1. The number of esters is 1. The van der Waals surface area contributed by atoms with E-state index < -0.39 is 6.16 Å². The summed E-state index contributed by atoms with van der Waals surface area (Å²) in [6.07, 6.45) is 9.74. The topological polar surface area (TPSA) is 78.9 Å². The molecule has 0 heterocycles. The largest absolute Gasteiger partial charge is 0.508 e. The fraction of sp³-hybridized carbons (Fsp3) is 0.857. The number of hydrogen-bond acceptors (Lipinski definition) is 6. The number of ketones is 1. The fourth-order valence-electron chi connectivity index (χ4n) is 4.00. The third kappa shape index (κ3) is 7.89. The summed E-state index contributed by atoms with van der Waals surface area (Å²) in [5, 5.41) is 0. The molecular formula is C21H34O6. The first-order valence-corrected chi connectivity index (χ1v) is 10.6. The van der Waals surface area contributed by atoms with Crippen LogP contribution in [0.25, 0.3) is 0 Å². The Morgan fingerprint density at radius 2 is 1.37 bits per heavy atom. The summed E-state index contributed by atoms with van der Waals surface area (Å²) in [6.45, 7) is 2.36. The molecule has 154 valence electrons. The molecular weight excluding hydrogens is 348 g/mol. The van der Waals surface area contributed by atoms with Gasteiger partial charge >= 0.3 is 12.1 Å². The summed E-state index contributed by atoms with van der Waals surface area (Å²) < 4.78 is 15.4. The van der Waals surface area contributed by atoms with Crippen molar-refractivity contribution in [3.8, 4) is 0 Å². The minimum Gasteiger partial charge on any atom is -0.466 e. The molecule has 2 saturated carbocycles. The standard InChI is InChI=1S/C21H34O6/c1-2-19(22)25-14-6-7-15-26-21(24)27-18-12-10-17(11-13-18)20(23)16-8-4-3-5-9-16/h16-18H,2-15H2,1H3. The minimum atomic E-state index is -0.636. The zero-order valence-electron chi connectivity index (χ0n) is 16.6. The number of carbonyl (C=O) groups is 3. The third-order valence-electron chi connectivity index (χ3n) is 5.66. The number of hydrogen-bond donors (Lipinski definition) is 0. The van der Waals surface area contributed by atoms with Gasteiger partial charge in [-0.25, -0.2) is 4.79 Å². The van der Waals surface area contributed by atoms with Crippen molar-refractivity contribution in [1.82, 2.24) is 0 Å². The molecule has 0 aromatic rings. The van der Waals surface area contributed by atoms with E-state index in [0.717, 1.165) is 38.5 Å². The smallest absolute Gasteiger partial charge is 0.466 e. The average Bonchev–Trinajstić information content (AvgIpc) is 2.71. The molecule has 2 fully saturated rings. The molecule has 0 amide bonds. The van der Waals surface area contributed by atoms with Crippen LogP contribution in [0.2, 0.25) is 0 Å². The Hall–Kier alpha value is -1.59. The van der Waals surface area contributed by atoms with Gasteiger partial charge in [-0.15, -0.1) is 0 Å². The molecule has 0 aromatic heterocycles. The summed E-state index contributed by atoms with van der Waals surface area (Å²) in [6, 6.07) is 0. The third-order valence-corrected chi connectivity index (χ3v) is 5.66. The predicted octanol–water partition coefficient (Wildman–Crippen LogP) is 4.58. The van der Waals surface area contributed by atoms with E-state index in [9.17, 15) is 14.4 Å². The van der Waals surface area contributed by atoms with Crippen molar-refractivity contribution in [1.29, 1.82) is 0 Å². The van der Waals surface area contributed by atoms with Crippen molar-refractivity contribution >= 4 is 17.9 Å². The van der Waals surface area contributed by atoms with Gasteiger partial charge in [-0.05, 0) is 51.4 Å². The van der Waals surface area contributed by atoms with Crippen LogP contribution in [0.5, 0.6) is 0 Å². The molecule has 2 aliphatic carbocycles. The SMILES string of the molecule is CCC(=O)OCCCCOC(=O)OC1CCC(C(=O)C2CCCCC2)CC1. The van der Waals surface area contributed by atoms with Crippen molar-refractivity contribution in [2.24, 2.45) is 11.8 Å². The van der Waals surface area contributed by atoms with Crippen LogP contribution in [0.15, 0.2) is 0 Å². The van der Waals surface area contributed by atoms with Gasteiger partial charge in [0, 0.05) is 18.3 Å². The van der Waals surface area contributed by atoms with Crippen LogP contribution in [0, 0.1) is 11.8 Å². The van der Waals surface area contributed by atoms with Crippen molar-refractivity contribution in [2.45, 2.75) is 90.1 Å². The summed E-state index contributed by atoms with van der Waals surface area (Å²) in [5.74, 6) is 0.644. The molecule has 0 N–H and O–H groups in total. The molecule has 0 aromatic carbocycles. The van der Waals surface area contributed by atoms with Crippen molar-refractivity contribution < 1.29 is 28.6 Å². The molecule has 0 saturated heterocycles. The Morgan fingerprint density at radius 3 is 2.00 bits per heavy atom. The summed E-state index contributed by atoms with van der Waals surface area (Å²) in [4.78, 5) is 35.4. The van der Waals surface area contributed by atoms with E-state index in [-0.39, 0.29) is 30.5 Å². The Labute approximate surface area is 162 Å². The zero-order valence-corrected chi connectivity index (χ0v) is 16.6. The summed E-state index contributed by atoms with van der Waals surface area (Å²) in [7, 11) is 0. The van der Waals surface area contributed by atoms with E-state index in [4.69, 9.17) is 14.2 Å². The Kier molecular flexibility index (Phi) is 9.64. The quantitative estimate of drug-likeness (QED) is 0.429. The molecule has 2 aliphatic rings. The molecule has 0 unspecified atom stereocenters. The molecule has 0 aliphatic heterocycles. The van der Waals surface area contributed by atoms with Crippen LogP contribution in [-0.2, 0) is 23.8 Å². The molecule has 0 bridgehead atoms. The van der Waals surface area contributed by atoms with E-state index >= 15 is 0 Å². The zero-order chi connectivity index (χ0) is 19.5. The lowest BCUT2D eigenvalue weighted by Gasteiger charge is -2.30. The van der Waals surface area contributed by atoms with Crippen LogP contribution in [0.4, 0.5) is 4.79 Å². The van der Waals surface area contributed by atoms with E-state index in [0.29, 0.717) is 31.7 Å². The highest BCUT2D eigenvalue weighted by atomic mass is 16.7. The van der Waals surface area contributed by atoms with Crippen LogP contribution in [0.3, 0.4) is 0 Å². The van der Waals surface area contributed by atoms with Gasteiger partial charge in [0.25, 0.3) is 0 Å². The Morgan fingerprint density at radius 1 is 0.778 bits per heavy atom. The van der Waals surface area contributed by atoms with Crippen molar-refractivity contribution in [3.05, 3.63) is 0 Å². The van der Waals surface area contributed by atoms with Crippen molar-refractivity contribution in [3.63, 3.8) is 0 Å². The highest BCUT2D eigenvalue weighted by Crippen LogP contribution is 2.33. The van der Waals surface area contributed by atoms with Crippen LogP contribution >= 0.6 is 0 Å². The maximum Gasteiger partial charge on any atom is 0.508 e. The van der Waals surface area contributed by atoms with Gasteiger partial charge in [-0.1, -0.05) is 26.2 Å². The molecule has 27 heavy (non-hydrogen) atoms. The number of Topliss-reactive ketones (excluding diaryl/α,β-unsaturated/α-hetero) is 1. The maximum atomic E-state index is 12.6. The van der Waals surface area contributed by atoms with E-state index in [2.05, 4.69) is 0 Å². The molecule has 6 nitrogen and oxygen atoms in total. The molecule has 6 heteroatoms. The maximum absolute atomic E-state index is 12.6.